The average Bonchev–Trinajstić information content (AvgIpc) is 2.74. The predicted octanol–water partition coefficient (Wildman–Crippen LogP) is 1.58. The molecule has 1 N–H and O–H groups in total. The van der Waals surface area contributed by atoms with Gasteiger partial charge in [0.2, 0.25) is 0 Å². The highest BCUT2D eigenvalue weighted by atomic mass is 16.6. The molecule has 2 heterocycles. The summed E-state index contributed by atoms with van der Waals surface area (Å²) in [4.78, 5) is 24.9. The number of ketones is 1. The van der Waals surface area contributed by atoms with E-state index in [9.17, 15) is 9.59 Å². The third-order valence-electron chi connectivity index (χ3n) is 3.72. The van der Waals surface area contributed by atoms with Crippen molar-refractivity contribution >= 4 is 17.6 Å². The maximum absolute atomic E-state index is 12.0. The molecule has 1 aromatic rings. The van der Waals surface area contributed by atoms with Crippen LogP contribution in [-0.4, -0.2) is 37.1 Å². The number of carbonyl (C=O) groups excluding carboxylic acids is 2. The zero-order valence-corrected chi connectivity index (χ0v) is 10.8. The minimum atomic E-state index is -0.297. The maximum atomic E-state index is 12.0. The third-order valence-corrected chi connectivity index (χ3v) is 3.72. The average molecular weight is 260 g/mol. The van der Waals surface area contributed by atoms with Gasteiger partial charge in [-0.2, -0.15) is 0 Å². The number of benzene rings is 1. The molecule has 2 aliphatic heterocycles. The number of amides is 1. The first-order chi connectivity index (χ1) is 9.16. The standard InChI is InChI=1S/C14H16N2O3/c1-9(17)10-2-4-11(5-3-10)16-12-8-15-7-6-13(12)19-14(16)18/h2-5,12-13,15H,6-8H2,1H3. The van der Waals surface area contributed by atoms with Crippen molar-refractivity contribution in [3.63, 3.8) is 0 Å². The summed E-state index contributed by atoms with van der Waals surface area (Å²) in [5.74, 6) is 0.0211. The molecular formula is C14H16N2O3. The van der Waals surface area contributed by atoms with Crippen molar-refractivity contribution in [1.82, 2.24) is 5.32 Å². The molecule has 5 nitrogen and oxygen atoms in total. The summed E-state index contributed by atoms with van der Waals surface area (Å²) in [5.41, 5.74) is 1.43. The van der Waals surface area contributed by atoms with E-state index in [0.717, 1.165) is 25.2 Å². The van der Waals surface area contributed by atoms with Gasteiger partial charge in [0, 0.05) is 17.8 Å². The van der Waals surface area contributed by atoms with Gasteiger partial charge in [-0.05, 0) is 44.2 Å². The molecule has 1 aromatic carbocycles. The number of nitrogens with one attached hydrogen (secondary N) is 1. The van der Waals surface area contributed by atoms with Crippen molar-refractivity contribution in [3.8, 4) is 0 Å². The predicted molar refractivity (Wildman–Crippen MR) is 70.5 cm³/mol. The molecule has 3 rings (SSSR count). The van der Waals surface area contributed by atoms with Gasteiger partial charge < -0.3 is 10.1 Å². The Morgan fingerprint density at radius 1 is 1.37 bits per heavy atom. The van der Waals surface area contributed by atoms with Gasteiger partial charge in [-0.15, -0.1) is 0 Å². The highest BCUT2D eigenvalue weighted by molar-refractivity contribution is 5.95. The summed E-state index contributed by atoms with van der Waals surface area (Å²) in [5, 5.41) is 3.28. The smallest absolute Gasteiger partial charge is 0.415 e. The van der Waals surface area contributed by atoms with Crippen LogP contribution < -0.4 is 10.2 Å². The van der Waals surface area contributed by atoms with Crippen LogP contribution in [0, 0.1) is 0 Å². The van der Waals surface area contributed by atoms with Crippen LogP contribution >= 0.6 is 0 Å². The zero-order chi connectivity index (χ0) is 13.4. The lowest BCUT2D eigenvalue weighted by atomic mass is 10.0. The Balaban J connectivity index is 1.88. The van der Waals surface area contributed by atoms with Gasteiger partial charge in [0.25, 0.3) is 0 Å². The SMILES string of the molecule is CC(=O)c1ccc(N2C(=O)OC3CCNCC32)cc1. The van der Waals surface area contributed by atoms with Gasteiger partial charge in [-0.25, -0.2) is 4.79 Å². The van der Waals surface area contributed by atoms with E-state index < -0.39 is 0 Å². The van der Waals surface area contributed by atoms with Crippen LogP contribution in [-0.2, 0) is 4.74 Å². The minimum absolute atomic E-state index is 0.0211. The van der Waals surface area contributed by atoms with E-state index in [0.29, 0.717) is 5.56 Å². The van der Waals surface area contributed by atoms with Crippen molar-refractivity contribution in [3.05, 3.63) is 29.8 Å². The lowest BCUT2D eigenvalue weighted by Crippen LogP contribution is -2.49. The number of ether oxygens (including phenoxy) is 1. The van der Waals surface area contributed by atoms with Crippen molar-refractivity contribution in [2.45, 2.75) is 25.5 Å². The summed E-state index contributed by atoms with van der Waals surface area (Å²) in [6.07, 6.45) is 0.522. The van der Waals surface area contributed by atoms with E-state index in [1.165, 1.54) is 6.92 Å². The molecule has 2 unspecified atom stereocenters. The van der Waals surface area contributed by atoms with Crippen LogP contribution in [0.3, 0.4) is 0 Å². The fraction of sp³-hybridized carbons (Fsp3) is 0.429. The van der Waals surface area contributed by atoms with E-state index >= 15 is 0 Å². The molecule has 0 aliphatic carbocycles. The lowest BCUT2D eigenvalue weighted by molar-refractivity contribution is 0.101. The Morgan fingerprint density at radius 2 is 2.11 bits per heavy atom. The molecule has 19 heavy (non-hydrogen) atoms. The van der Waals surface area contributed by atoms with Gasteiger partial charge in [0.15, 0.2) is 5.78 Å². The van der Waals surface area contributed by atoms with Gasteiger partial charge in [-0.1, -0.05) is 0 Å². The number of carbonyl (C=O) groups is 2. The monoisotopic (exact) mass is 260 g/mol. The lowest BCUT2D eigenvalue weighted by Gasteiger charge is -2.28. The topological polar surface area (TPSA) is 58.6 Å². The molecule has 2 aliphatic rings. The van der Waals surface area contributed by atoms with E-state index in [1.54, 1.807) is 29.2 Å². The molecule has 0 aromatic heterocycles. The van der Waals surface area contributed by atoms with Gasteiger partial charge in [0.1, 0.15) is 6.10 Å². The number of rotatable bonds is 2. The van der Waals surface area contributed by atoms with Gasteiger partial charge in [0.05, 0.1) is 6.04 Å². The number of hydrogen-bond donors (Lipinski definition) is 1. The second kappa shape index (κ2) is 4.66. The molecular weight excluding hydrogens is 244 g/mol. The molecule has 0 radical (unpaired) electrons. The molecule has 100 valence electrons. The summed E-state index contributed by atoms with van der Waals surface area (Å²) in [7, 11) is 0. The third kappa shape index (κ3) is 2.10. The Morgan fingerprint density at radius 3 is 2.79 bits per heavy atom. The summed E-state index contributed by atoms with van der Waals surface area (Å²) < 4.78 is 5.39. The van der Waals surface area contributed by atoms with Crippen molar-refractivity contribution in [2.75, 3.05) is 18.0 Å². The van der Waals surface area contributed by atoms with Crippen LogP contribution in [0.4, 0.5) is 10.5 Å². The first-order valence-corrected chi connectivity index (χ1v) is 6.48. The van der Waals surface area contributed by atoms with Crippen molar-refractivity contribution in [2.24, 2.45) is 0 Å². The van der Waals surface area contributed by atoms with Gasteiger partial charge in [-0.3, -0.25) is 9.69 Å². The first-order valence-electron chi connectivity index (χ1n) is 6.48. The van der Waals surface area contributed by atoms with E-state index in [2.05, 4.69) is 5.32 Å². The number of hydrogen-bond acceptors (Lipinski definition) is 4. The van der Waals surface area contributed by atoms with E-state index in [1.807, 2.05) is 0 Å². The van der Waals surface area contributed by atoms with Crippen LogP contribution in [0.25, 0.3) is 0 Å². The molecule has 5 heteroatoms. The molecule has 0 bridgehead atoms. The number of piperidine rings is 1. The molecule has 0 saturated carbocycles. The van der Waals surface area contributed by atoms with Crippen LogP contribution in [0.15, 0.2) is 24.3 Å². The van der Waals surface area contributed by atoms with Gasteiger partial charge >= 0.3 is 6.09 Å². The van der Waals surface area contributed by atoms with Crippen LogP contribution in [0.2, 0.25) is 0 Å². The molecule has 2 saturated heterocycles. The molecule has 0 spiro atoms. The van der Waals surface area contributed by atoms with Crippen molar-refractivity contribution < 1.29 is 14.3 Å². The normalized spacial score (nSPS) is 25.9. The zero-order valence-electron chi connectivity index (χ0n) is 10.8. The quantitative estimate of drug-likeness (QED) is 0.820. The maximum Gasteiger partial charge on any atom is 0.415 e. The number of Topliss-reactive ketones (excluding diaryl/α,β-unsaturated/α-hetero) is 1. The largest absolute Gasteiger partial charge is 0.444 e. The Bertz CT molecular complexity index is 512. The van der Waals surface area contributed by atoms with Crippen LogP contribution in [0.5, 0.6) is 0 Å². The Labute approximate surface area is 111 Å². The summed E-state index contributed by atoms with van der Waals surface area (Å²) in [6, 6.07) is 7.14. The number of anilines is 1. The fourth-order valence-corrected chi connectivity index (χ4v) is 2.69. The number of fused-ring (bicyclic) bond motifs is 1. The Hall–Kier alpha value is -1.88. The fourth-order valence-electron chi connectivity index (χ4n) is 2.69. The highest BCUT2D eigenvalue weighted by Crippen LogP contribution is 2.29. The second-order valence-corrected chi connectivity index (χ2v) is 4.96. The van der Waals surface area contributed by atoms with E-state index in [-0.39, 0.29) is 24.0 Å². The Kier molecular flexibility index (Phi) is 2.98. The highest BCUT2D eigenvalue weighted by Gasteiger charge is 2.43. The van der Waals surface area contributed by atoms with E-state index in [4.69, 9.17) is 4.74 Å². The first kappa shape index (κ1) is 12.2. The van der Waals surface area contributed by atoms with Crippen molar-refractivity contribution in [1.29, 1.82) is 0 Å². The summed E-state index contributed by atoms with van der Waals surface area (Å²) >= 11 is 0. The minimum Gasteiger partial charge on any atom is -0.444 e. The van der Waals surface area contributed by atoms with Crippen LogP contribution in [0.1, 0.15) is 23.7 Å². The molecule has 2 atom stereocenters. The number of nitrogens with zero attached hydrogens (tertiary/aromatic N) is 1. The second-order valence-electron chi connectivity index (χ2n) is 4.96. The molecule has 1 amide bonds. The molecule has 2 fully saturated rings. The summed E-state index contributed by atoms with van der Waals surface area (Å²) in [6.45, 7) is 3.15.